The molecule has 0 amide bonds. The molecule has 1 heterocycles. The number of para-hydroxylation sites is 1. The molecule has 3 rings (SSSR count). The molecule has 1 saturated carbocycles. The fourth-order valence-corrected chi connectivity index (χ4v) is 2.92. The fourth-order valence-electron chi connectivity index (χ4n) is 2.92. The van der Waals surface area contributed by atoms with Crippen LogP contribution in [0.1, 0.15) is 25.7 Å². The van der Waals surface area contributed by atoms with Crippen LogP contribution >= 0.6 is 0 Å². The normalized spacial score (nSPS) is 24.5. The lowest BCUT2D eigenvalue weighted by atomic mass is 10.0. The van der Waals surface area contributed by atoms with E-state index < -0.39 is 0 Å². The zero-order valence-electron chi connectivity index (χ0n) is 10.0. The molecule has 2 atom stereocenters. The Morgan fingerprint density at radius 3 is 3.00 bits per heavy atom. The summed E-state index contributed by atoms with van der Waals surface area (Å²) in [7, 11) is 0. The standard InChI is InChI=1S/C14H19N3/c15-13-6-3-5-11(13)8-9-17-14-7-2-1-4-12(14)10-16-17/h1-2,4,7,10-11,13H,3,5-6,8-9,15H2. The van der Waals surface area contributed by atoms with Gasteiger partial charge < -0.3 is 5.73 Å². The summed E-state index contributed by atoms with van der Waals surface area (Å²) in [6, 6.07) is 8.79. The molecule has 1 aliphatic rings. The third-order valence-corrected chi connectivity index (χ3v) is 3.98. The van der Waals surface area contributed by atoms with Crippen LogP contribution in [0.15, 0.2) is 30.5 Å². The Kier molecular flexibility index (Phi) is 2.85. The maximum absolute atomic E-state index is 6.10. The highest BCUT2D eigenvalue weighted by Crippen LogP contribution is 2.27. The molecule has 90 valence electrons. The summed E-state index contributed by atoms with van der Waals surface area (Å²) in [5.74, 6) is 0.693. The van der Waals surface area contributed by atoms with E-state index in [4.69, 9.17) is 5.73 Å². The average Bonchev–Trinajstić information content (AvgIpc) is 2.93. The van der Waals surface area contributed by atoms with Crippen molar-refractivity contribution < 1.29 is 0 Å². The number of aromatic nitrogens is 2. The van der Waals surface area contributed by atoms with E-state index in [1.54, 1.807) is 0 Å². The minimum atomic E-state index is 0.414. The fraction of sp³-hybridized carbons (Fsp3) is 0.500. The summed E-state index contributed by atoms with van der Waals surface area (Å²) in [6.45, 7) is 0.992. The molecule has 0 radical (unpaired) electrons. The Balaban J connectivity index is 1.72. The van der Waals surface area contributed by atoms with Crippen LogP contribution in [0.3, 0.4) is 0 Å². The minimum absolute atomic E-state index is 0.414. The number of benzene rings is 1. The summed E-state index contributed by atoms with van der Waals surface area (Å²) in [6.07, 6.45) is 6.90. The molecular weight excluding hydrogens is 210 g/mol. The van der Waals surface area contributed by atoms with Gasteiger partial charge in [-0.05, 0) is 31.2 Å². The third kappa shape index (κ3) is 2.07. The van der Waals surface area contributed by atoms with Gasteiger partial charge in [0.1, 0.15) is 0 Å². The number of hydrogen-bond acceptors (Lipinski definition) is 2. The number of hydrogen-bond donors (Lipinski definition) is 1. The van der Waals surface area contributed by atoms with Crippen molar-refractivity contribution in [2.45, 2.75) is 38.3 Å². The molecular formula is C14H19N3. The van der Waals surface area contributed by atoms with Gasteiger partial charge in [-0.3, -0.25) is 4.68 Å². The molecule has 3 heteroatoms. The quantitative estimate of drug-likeness (QED) is 0.879. The number of nitrogens with zero attached hydrogens (tertiary/aromatic N) is 2. The molecule has 2 N–H and O–H groups in total. The van der Waals surface area contributed by atoms with E-state index in [0.29, 0.717) is 12.0 Å². The van der Waals surface area contributed by atoms with Crippen LogP contribution < -0.4 is 5.73 Å². The molecule has 1 aliphatic carbocycles. The number of aryl methyl sites for hydroxylation is 1. The number of rotatable bonds is 3. The van der Waals surface area contributed by atoms with Crippen LogP contribution in [0, 0.1) is 5.92 Å². The summed E-state index contributed by atoms with van der Waals surface area (Å²) < 4.78 is 2.11. The molecule has 0 saturated heterocycles. The first kappa shape index (κ1) is 10.8. The van der Waals surface area contributed by atoms with Gasteiger partial charge in [0.25, 0.3) is 0 Å². The van der Waals surface area contributed by atoms with Crippen molar-refractivity contribution in [1.82, 2.24) is 9.78 Å². The van der Waals surface area contributed by atoms with Gasteiger partial charge in [-0.25, -0.2) is 0 Å². The van der Waals surface area contributed by atoms with Crippen LogP contribution in [0.5, 0.6) is 0 Å². The molecule has 0 spiro atoms. The highest BCUT2D eigenvalue weighted by atomic mass is 15.3. The van der Waals surface area contributed by atoms with E-state index >= 15 is 0 Å². The highest BCUT2D eigenvalue weighted by Gasteiger charge is 2.23. The van der Waals surface area contributed by atoms with Gasteiger partial charge in [0.2, 0.25) is 0 Å². The lowest BCUT2D eigenvalue weighted by Crippen LogP contribution is -2.25. The predicted octanol–water partition coefficient (Wildman–Crippen LogP) is 2.55. The second kappa shape index (κ2) is 4.49. The van der Waals surface area contributed by atoms with E-state index in [1.165, 1.54) is 30.2 Å². The molecule has 1 aromatic heterocycles. The number of fused-ring (bicyclic) bond motifs is 1. The minimum Gasteiger partial charge on any atom is -0.327 e. The molecule has 1 aromatic carbocycles. The lowest BCUT2D eigenvalue weighted by molar-refractivity contribution is 0.407. The summed E-state index contributed by atoms with van der Waals surface area (Å²) in [5, 5.41) is 5.68. The smallest absolute Gasteiger partial charge is 0.0682 e. The zero-order valence-corrected chi connectivity index (χ0v) is 10.0. The van der Waals surface area contributed by atoms with Crippen molar-refractivity contribution in [2.24, 2.45) is 11.7 Å². The highest BCUT2D eigenvalue weighted by molar-refractivity contribution is 5.78. The topological polar surface area (TPSA) is 43.8 Å². The van der Waals surface area contributed by atoms with Crippen LogP contribution in [-0.4, -0.2) is 15.8 Å². The van der Waals surface area contributed by atoms with E-state index in [1.807, 2.05) is 6.20 Å². The van der Waals surface area contributed by atoms with E-state index in [9.17, 15) is 0 Å². The van der Waals surface area contributed by atoms with E-state index in [-0.39, 0.29) is 0 Å². The molecule has 1 fully saturated rings. The Morgan fingerprint density at radius 2 is 2.18 bits per heavy atom. The van der Waals surface area contributed by atoms with E-state index in [2.05, 4.69) is 34.0 Å². The molecule has 17 heavy (non-hydrogen) atoms. The Bertz CT molecular complexity index is 503. The van der Waals surface area contributed by atoms with Gasteiger partial charge in [0.05, 0.1) is 11.7 Å². The zero-order chi connectivity index (χ0) is 11.7. The molecule has 2 unspecified atom stereocenters. The maximum atomic E-state index is 6.10. The maximum Gasteiger partial charge on any atom is 0.0682 e. The third-order valence-electron chi connectivity index (χ3n) is 3.98. The van der Waals surface area contributed by atoms with Crippen molar-refractivity contribution in [2.75, 3.05) is 0 Å². The van der Waals surface area contributed by atoms with E-state index in [0.717, 1.165) is 13.0 Å². The predicted molar refractivity (Wildman–Crippen MR) is 69.7 cm³/mol. The van der Waals surface area contributed by atoms with Gasteiger partial charge >= 0.3 is 0 Å². The van der Waals surface area contributed by atoms with Gasteiger partial charge in [-0.2, -0.15) is 5.10 Å². The first-order valence-electron chi connectivity index (χ1n) is 6.51. The van der Waals surface area contributed by atoms with Gasteiger partial charge in [-0.1, -0.05) is 24.6 Å². The van der Waals surface area contributed by atoms with Crippen molar-refractivity contribution in [3.63, 3.8) is 0 Å². The summed E-state index contributed by atoms with van der Waals surface area (Å²) in [4.78, 5) is 0. The Morgan fingerprint density at radius 1 is 1.29 bits per heavy atom. The first-order valence-corrected chi connectivity index (χ1v) is 6.51. The van der Waals surface area contributed by atoms with Gasteiger partial charge in [0, 0.05) is 18.0 Å². The van der Waals surface area contributed by atoms with Crippen molar-refractivity contribution >= 4 is 10.9 Å². The lowest BCUT2D eigenvalue weighted by Gasteiger charge is -2.15. The van der Waals surface area contributed by atoms with Gasteiger partial charge in [-0.15, -0.1) is 0 Å². The van der Waals surface area contributed by atoms with Crippen molar-refractivity contribution in [1.29, 1.82) is 0 Å². The first-order chi connectivity index (χ1) is 8.34. The second-order valence-electron chi connectivity index (χ2n) is 5.07. The Hall–Kier alpha value is -1.35. The van der Waals surface area contributed by atoms with Gasteiger partial charge in [0.15, 0.2) is 0 Å². The van der Waals surface area contributed by atoms with Crippen LogP contribution in [0.4, 0.5) is 0 Å². The van der Waals surface area contributed by atoms with Crippen LogP contribution in [0.2, 0.25) is 0 Å². The summed E-state index contributed by atoms with van der Waals surface area (Å²) >= 11 is 0. The average molecular weight is 229 g/mol. The van der Waals surface area contributed by atoms with Crippen molar-refractivity contribution in [3.05, 3.63) is 30.5 Å². The number of nitrogens with two attached hydrogens (primary N) is 1. The molecule has 0 bridgehead atoms. The van der Waals surface area contributed by atoms with Crippen molar-refractivity contribution in [3.8, 4) is 0 Å². The van der Waals surface area contributed by atoms with Crippen LogP contribution in [-0.2, 0) is 6.54 Å². The monoisotopic (exact) mass is 229 g/mol. The molecule has 2 aromatic rings. The van der Waals surface area contributed by atoms with Crippen LogP contribution in [0.25, 0.3) is 10.9 Å². The second-order valence-corrected chi connectivity index (χ2v) is 5.07. The Labute approximate surface area is 102 Å². The SMILES string of the molecule is NC1CCCC1CCn1ncc2ccccc21. The molecule has 3 nitrogen and oxygen atoms in total. The molecule has 0 aliphatic heterocycles. The largest absolute Gasteiger partial charge is 0.327 e. The summed E-state index contributed by atoms with van der Waals surface area (Å²) in [5.41, 5.74) is 7.34.